The number of carboxylic acids is 1. The summed E-state index contributed by atoms with van der Waals surface area (Å²) < 4.78 is 4.99. The molecule has 14 heavy (non-hydrogen) atoms. The molecule has 0 fully saturated rings. The third-order valence-electron chi connectivity index (χ3n) is 1.73. The standard InChI is InChI=1S/C10H11NO3/c1-14-8-4-2-3-7(10(8)11)5-6-9(12)13/h2-6H,11H2,1H3,(H,12,13)/b6-5+. The molecule has 0 spiro atoms. The summed E-state index contributed by atoms with van der Waals surface area (Å²) in [7, 11) is 1.51. The summed E-state index contributed by atoms with van der Waals surface area (Å²) in [4.78, 5) is 10.3. The van der Waals surface area contributed by atoms with Gasteiger partial charge >= 0.3 is 5.97 Å². The van der Waals surface area contributed by atoms with Crippen LogP contribution in [0.2, 0.25) is 0 Å². The number of ether oxygens (including phenoxy) is 1. The maximum absolute atomic E-state index is 10.3. The van der Waals surface area contributed by atoms with Crippen molar-refractivity contribution in [1.29, 1.82) is 0 Å². The molecular weight excluding hydrogens is 182 g/mol. The number of nitrogens with two attached hydrogens (primary N) is 1. The van der Waals surface area contributed by atoms with Crippen LogP contribution in [0.5, 0.6) is 5.75 Å². The van der Waals surface area contributed by atoms with Crippen molar-refractivity contribution in [2.45, 2.75) is 0 Å². The van der Waals surface area contributed by atoms with Crippen LogP contribution in [-0.4, -0.2) is 18.2 Å². The van der Waals surface area contributed by atoms with Gasteiger partial charge in [0.25, 0.3) is 0 Å². The molecule has 0 aromatic heterocycles. The van der Waals surface area contributed by atoms with Gasteiger partial charge in [0.05, 0.1) is 12.8 Å². The molecule has 0 unspecified atom stereocenters. The number of hydrogen-bond acceptors (Lipinski definition) is 3. The summed E-state index contributed by atoms with van der Waals surface area (Å²) in [6.45, 7) is 0. The topological polar surface area (TPSA) is 72.5 Å². The van der Waals surface area contributed by atoms with Crippen LogP contribution in [0.25, 0.3) is 6.08 Å². The van der Waals surface area contributed by atoms with Crippen molar-refractivity contribution in [1.82, 2.24) is 0 Å². The Kier molecular flexibility index (Phi) is 3.12. The fourth-order valence-corrected chi connectivity index (χ4v) is 1.05. The molecule has 0 aliphatic heterocycles. The second kappa shape index (κ2) is 4.32. The van der Waals surface area contributed by atoms with E-state index in [9.17, 15) is 4.79 Å². The minimum Gasteiger partial charge on any atom is -0.495 e. The monoisotopic (exact) mass is 193 g/mol. The van der Waals surface area contributed by atoms with Gasteiger partial charge in [-0.2, -0.15) is 0 Å². The van der Waals surface area contributed by atoms with E-state index in [-0.39, 0.29) is 0 Å². The van der Waals surface area contributed by atoms with Crippen molar-refractivity contribution >= 4 is 17.7 Å². The lowest BCUT2D eigenvalue weighted by Crippen LogP contribution is -1.95. The lowest BCUT2D eigenvalue weighted by molar-refractivity contribution is -0.131. The van der Waals surface area contributed by atoms with Crippen molar-refractivity contribution in [3.8, 4) is 5.75 Å². The highest BCUT2D eigenvalue weighted by atomic mass is 16.5. The van der Waals surface area contributed by atoms with Gasteiger partial charge in [0, 0.05) is 11.6 Å². The maximum atomic E-state index is 10.3. The van der Waals surface area contributed by atoms with Crippen LogP contribution in [0.3, 0.4) is 0 Å². The van der Waals surface area contributed by atoms with Crippen molar-refractivity contribution in [3.63, 3.8) is 0 Å². The zero-order valence-electron chi connectivity index (χ0n) is 7.73. The fraction of sp³-hybridized carbons (Fsp3) is 0.100. The number of rotatable bonds is 3. The molecule has 1 aromatic rings. The van der Waals surface area contributed by atoms with Crippen LogP contribution in [-0.2, 0) is 4.79 Å². The van der Waals surface area contributed by atoms with Crippen LogP contribution in [0.1, 0.15) is 5.56 Å². The van der Waals surface area contributed by atoms with E-state index in [1.807, 2.05) is 0 Å². The second-order valence-corrected chi connectivity index (χ2v) is 2.63. The van der Waals surface area contributed by atoms with Gasteiger partial charge in [0.1, 0.15) is 5.75 Å². The van der Waals surface area contributed by atoms with E-state index in [0.717, 1.165) is 6.08 Å². The normalized spacial score (nSPS) is 10.4. The SMILES string of the molecule is COc1cccc(/C=C/C(=O)O)c1N. The van der Waals surface area contributed by atoms with Crippen LogP contribution in [0.15, 0.2) is 24.3 Å². The fourth-order valence-electron chi connectivity index (χ4n) is 1.05. The van der Waals surface area contributed by atoms with Crippen LogP contribution < -0.4 is 10.5 Å². The molecule has 74 valence electrons. The van der Waals surface area contributed by atoms with E-state index in [1.54, 1.807) is 18.2 Å². The third-order valence-corrected chi connectivity index (χ3v) is 1.73. The summed E-state index contributed by atoms with van der Waals surface area (Å²) >= 11 is 0. The summed E-state index contributed by atoms with van der Waals surface area (Å²) in [5.41, 5.74) is 6.78. The first-order valence-corrected chi connectivity index (χ1v) is 3.98. The summed E-state index contributed by atoms with van der Waals surface area (Å²) in [6, 6.07) is 5.18. The summed E-state index contributed by atoms with van der Waals surface area (Å²) in [6.07, 6.45) is 2.46. The Labute approximate surface area is 81.6 Å². The Hall–Kier alpha value is -1.97. The molecule has 0 aliphatic rings. The Morgan fingerprint density at radius 1 is 1.57 bits per heavy atom. The van der Waals surface area contributed by atoms with Crippen molar-refractivity contribution < 1.29 is 14.6 Å². The van der Waals surface area contributed by atoms with Gasteiger partial charge in [-0.15, -0.1) is 0 Å². The zero-order chi connectivity index (χ0) is 10.6. The van der Waals surface area contributed by atoms with Gasteiger partial charge in [0.2, 0.25) is 0 Å². The quantitative estimate of drug-likeness (QED) is 0.561. The van der Waals surface area contributed by atoms with E-state index in [4.69, 9.17) is 15.6 Å². The molecule has 4 heteroatoms. The van der Waals surface area contributed by atoms with E-state index in [1.165, 1.54) is 13.2 Å². The number of anilines is 1. The molecule has 3 N–H and O–H groups in total. The highest BCUT2D eigenvalue weighted by molar-refractivity contribution is 5.87. The predicted molar refractivity (Wildman–Crippen MR) is 54.1 cm³/mol. The molecule has 0 saturated carbocycles. The molecule has 1 aromatic carbocycles. The number of para-hydroxylation sites is 1. The second-order valence-electron chi connectivity index (χ2n) is 2.63. The van der Waals surface area contributed by atoms with Gasteiger partial charge in [0.15, 0.2) is 0 Å². The molecule has 0 amide bonds. The van der Waals surface area contributed by atoms with E-state index in [0.29, 0.717) is 17.0 Å². The molecule has 0 aliphatic carbocycles. The van der Waals surface area contributed by atoms with Gasteiger partial charge in [-0.3, -0.25) is 0 Å². The highest BCUT2D eigenvalue weighted by Gasteiger charge is 2.01. The molecule has 0 atom stereocenters. The number of carboxylic acid groups (broad SMARTS) is 1. The van der Waals surface area contributed by atoms with Crippen molar-refractivity contribution in [2.24, 2.45) is 0 Å². The molecular formula is C10H11NO3. The molecule has 0 saturated heterocycles. The maximum Gasteiger partial charge on any atom is 0.328 e. The van der Waals surface area contributed by atoms with Gasteiger partial charge in [-0.05, 0) is 12.1 Å². The highest BCUT2D eigenvalue weighted by Crippen LogP contribution is 2.25. The molecule has 4 nitrogen and oxygen atoms in total. The Bertz CT molecular complexity index is 372. The molecule has 1 rings (SSSR count). The Morgan fingerprint density at radius 2 is 2.29 bits per heavy atom. The summed E-state index contributed by atoms with van der Waals surface area (Å²) in [5, 5.41) is 8.43. The third kappa shape index (κ3) is 2.26. The van der Waals surface area contributed by atoms with Crippen LogP contribution in [0, 0.1) is 0 Å². The number of nitrogen functional groups attached to an aromatic ring is 1. The largest absolute Gasteiger partial charge is 0.495 e. The first-order chi connectivity index (χ1) is 6.65. The van der Waals surface area contributed by atoms with Gasteiger partial charge in [-0.25, -0.2) is 4.79 Å². The van der Waals surface area contributed by atoms with Crippen LogP contribution >= 0.6 is 0 Å². The molecule has 0 bridgehead atoms. The lowest BCUT2D eigenvalue weighted by atomic mass is 10.1. The smallest absolute Gasteiger partial charge is 0.328 e. The lowest BCUT2D eigenvalue weighted by Gasteiger charge is -2.05. The van der Waals surface area contributed by atoms with Gasteiger partial charge in [-0.1, -0.05) is 12.1 Å². The predicted octanol–water partition coefficient (Wildman–Crippen LogP) is 1.38. The van der Waals surface area contributed by atoms with E-state index < -0.39 is 5.97 Å². The average Bonchev–Trinajstić information content (AvgIpc) is 2.16. The average molecular weight is 193 g/mol. The first-order valence-electron chi connectivity index (χ1n) is 3.98. The zero-order valence-corrected chi connectivity index (χ0v) is 7.73. The molecule has 0 heterocycles. The number of carbonyl (C=O) groups is 1. The molecule has 0 radical (unpaired) electrons. The number of benzene rings is 1. The van der Waals surface area contributed by atoms with Crippen LogP contribution in [0.4, 0.5) is 5.69 Å². The Morgan fingerprint density at radius 3 is 2.86 bits per heavy atom. The minimum absolute atomic E-state index is 0.438. The van der Waals surface area contributed by atoms with Crippen molar-refractivity contribution in [3.05, 3.63) is 29.8 Å². The summed E-state index contributed by atoms with van der Waals surface area (Å²) in [5.74, 6) is -0.468. The van der Waals surface area contributed by atoms with Gasteiger partial charge < -0.3 is 15.6 Å². The number of aliphatic carboxylic acids is 1. The Balaban J connectivity index is 3.03. The number of hydrogen-bond donors (Lipinski definition) is 2. The first kappa shape index (κ1) is 10.1. The minimum atomic E-state index is -1.01. The van der Waals surface area contributed by atoms with Crippen molar-refractivity contribution in [2.75, 3.05) is 12.8 Å². The van der Waals surface area contributed by atoms with E-state index >= 15 is 0 Å². The number of methoxy groups -OCH3 is 1. The van der Waals surface area contributed by atoms with E-state index in [2.05, 4.69) is 0 Å².